The lowest BCUT2D eigenvalue weighted by molar-refractivity contribution is -0.395. The van der Waals surface area contributed by atoms with Crippen LogP contribution in [0.1, 0.15) is 18.4 Å². The van der Waals surface area contributed by atoms with E-state index in [4.69, 9.17) is 14.6 Å². The highest BCUT2D eigenvalue weighted by molar-refractivity contribution is 5.77. The number of ether oxygens (including phenoxy) is 2. The summed E-state index contributed by atoms with van der Waals surface area (Å²) in [5, 5.41) is 31.8. The fraction of sp³-hybridized carbons (Fsp3) is 0.188. The topological polar surface area (TPSA) is 142 Å². The second-order valence-corrected chi connectivity index (χ2v) is 5.24. The molecule has 0 heterocycles. The number of benzene rings is 2. The van der Waals surface area contributed by atoms with Gasteiger partial charge in [-0.1, -0.05) is 0 Å². The number of carboxylic acid groups (broad SMARTS) is 1. The first kappa shape index (κ1) is 18.6. The number of hydrogen-bond acceptors (Lipinski definition) is 7. The average molecular weight is 362 g/mol. The van der Waals surface area contributed by atoms with Gasteiger partial charge in [-0.3, -0.25) is 25.0 Å². The van der Waals surface area contributed by atoms with E-state index in [1.165, 1.54) is 38.3 Å². The van der Waals surface area contributed by atoms with Crippen LogP contribution in [0, 0.1) is 20.2 Å². The minimum atomic E-state index is -1.27. The van der Waals surface area contributed by atoms with Crippen LogP contribution in [-0.4, -0.2) is 28.0 Å². The SMILES string of the molecule is COc1ccc(Oc2c([N+](=O)[O-])cc(C(C)C(=O)O)cc2[N+](=O)[O-])cc1. The fourth-order valence-corrected chi connectivity index (χ4v) is 2.15. The highest BCUT2D eigenvalue weighted by Gasteiger charge is 2.31. The normalized spacial score (nSPS) is 11.5. The van der Waals surface area contributed by atoms with E-state index in [2.05, 4.69) is 0 Å². The van der Waals surface area contributed by atoms with E-state index in [0.717, 1.165) is 12.1 Å². The third-order valence-electron chi connectivity index (χ3n) is 3.62. The molecule has 0 saturated heterocycles. The molecule has 0 spiro atoms. The average Bonchev–Trinajstić information content (AvgIpc) is 2.61. The molecule has 1 atom stereocenters. The highest BCUT2D eigenvalue weighted by atomic mass is 16.6. The Balaban J connectivity index is 2.59. The first-order valence-electron chi connectivity index (χ1n) is 7.26. The Bertz CT molecular complexity index is 828. The summed E-state index contributed by atoms with van der Waals surface area (Å²) < 4.78 is 10.4. The molecular formula is C16H14N2O8. The lowest BCUT2D eigenvalue weighted by Crippen LogP contribution is -2.09. The van der Waals surface area contributed by atoms with Crippen LogP contribution in [0.5, 0.6) is 17.2 Å². The standard InChI is InChI=1S/C16H14N2O8/c1-9(16(19)20)10-7-13(17(21)22)15(14(8-10)18(23)24)26-12-5-3-11(25-2)4-6-12/h3-9H,1-2H3,(H,19,20). The molecule has 0 aliphatic heterocycles. The molecule has 2 aromatic carbocycles. The maximum Gasteiger partial charge on any atom is 0.319 e. The summed E-state index contributed by atoms with van der Waals surface area (Å²) >= 11 is 0. The van der Waals surface area contributed by atoms with Gasteiger partial charge in [0.25, 0.3) is 5.75 Å². The molecule has 0 aliphatic carbocycles. The zero-order chi connectivity index (χ0) is 19.4. The van der Waals surface area contributed by atoms with E-state index < -0.39 is 38.9 Å². The second-order valence-electron chi connectivity index (χ2n) is 5.24. The molecule has 10 heteroatoms. The molecule has 0 aliphatic rings. The van der Waals surface area contributed by atoms with Crippen molar-refractivity contribution < 1.29 is 29.2 Å². The van der Waals surface area contributed by atoms with Gasteiger partial charge in [-0.2, -0.15) is 0 Å². The Morgan fingerprint density at radius 3 is 1.88 bits per heavy atom. The summed E-state index contributed by atoms with van der Waals surface area (Å²) in [6.45, 7) is 1.27. The minimum absolute atomic E-state index is 0.0713. The molecule has 0 radical (unpaired) electrons. The molecule has 136 valence electrons. The van der Waals surface area contributed by atoms with Crippen molar-refractivity contribution in [3.63, 3.8) is 0 Å². The molecule has 10 nitrogen and oxygen atoms in total. The monoisotopic (exact) mass is 362 g/mol. The first-order valence-corrected chi connectivity index (χ1v) is 7.26. The van der Waals surface area contributed by atoms with Gasteiger partial charge in [-0.15, -0.1) is 0 Å². The van der Waals surface area contributed by atoms with Gasteiger partial charge < -0.3 is 14.6 Å². The smallest absolute Gasteiger partial charge is 0.319 e. The molecular weight excluding hydrogens is 348 g/mol. The Morgan fingerprint density at radius 1 is 1.04 bits per heavy atom. The molecule has 1 N–H and O–H groups in total. The van der Waals surface area contributed by atoms with Gasteiger partial charge in [-0.05, 0) is 36.8 Å². The summed E-state index contributed by atoms with van der Waals surface area (Å²) in [6.07, 6.45) is 0. The van der Waals surface area contributed by atoms with Crippen LogP contribution in [-0.2, 0) is 4.79 Å². The summed E-state index contributed by atoms with van der Waals surface area (Å²) in [6, 6.07) is 7.83. The van der Waals surface area contributed by atoms with Gasteiger partial charge in [0.2, 0.25) is 0 Å². The van der Waals surface area contributed by atoms with E-state index in [0.29, 0.717) is 5.75 Å². The van der Waals surface area contributed by atoms with Gasteiger partial charge in [0.1, 0.15) is 11.5 Å². The van der Waals surface area contributed by atoms with Crippen LogP contribution in [0.3, 0.4) is 0 Å². The highest BCUT2D eigenvalue weighted by Crippen LogP contribution is 2.42. The van der Waals surface area contributed by atoms with Gasteiger partial charge in [0.05, 0.1) is 22.9 Å². The van der Waals surface area contributed by atoms with E-state index in [1.54, 1.807) is 0 Å². The van der Waals surface area contributed by atoms with Gasteiger partial charge in [0.15, 0.2) is 0 Å². The van der Waals surface area contributed by atoms with E-state index in [-0.39, 0.29) is 11.3 Å². The van der Waals surface area contributed by atoms with E-state index >= 15 is 0 Å². The Hall–Kier alpha value is -3.69. The summed E-state index contributed by atoms with van der Waals surface area (Å²) in [5.74, 6) is -2.38. The van der Waals surface area contributed by atoms with Crippen LogP contribution in [0.15, 0.2) is 36.4 Å². The van der Waals surface area contributed by atoms with Crippen LogP contribution >= 0.6 is 0 Å². The number of carboxylic acids is 1. The van der Waals surface area contributed by atoms with E-state index in [9.17, 15) is 25.0 Å². The van der Waals surface area contributed by atoms with Crippen molar-refractivity contribution in [2.75, 3.05) is 7.11 Å². The molecule has 0 bridgehead atoms. The molecule has 26 heavy (non-hydrogen) atoms. The van der Waals surface area contributed by atoms with Crippen molar-refractivity contribution in [2.45, 2.75) is 12.8 Å². The lowest BCUT2D eigenvalue weighted by atomic mass is 9.99. The number of nitro benzene ring substituents is 2. The van der Waals surface area contributed by atoms with Crippen molar-refractivity contribution in [2.24, 2.45) is 0 Å². The number of rotatable bonds is 7. The van der Waals surface area contributed by atoms with Gasteiger partial charge in [0, 0.05) is 12.1 Å². The number of hydrogen-bond donors (Lipinski definition) is 1. The van der Waals surface area contributed by atoms with Crippen LogP contribution in [0.25, 0.3) is 0 Å². The van der Waals surface area contributed by atoms with Crippen LogP contribution in [0.2, 0.25) is 0 Å². The van der Waals surface area contributed by atoms with Crippen LogP contribution < -0.4 is 9.47 Å². The quantitative estimate of drug-likeness (QED) is 0.582. The molecule has 0 saturated carbocycles. The molecule has 0 fully saturated rings. The van der Waals surface area contributed by atoms with Gasteiger partial charge in [-0.25, -0.2) is 0 Å². The van der Waals surface area contributed by atoms with Crippen molar-refractivity contribution in [3.8, 4) is 17.2 Å². The van der Waals surface area contributed by atoms with Crippen molar-refractivity contribution in [3.05, 3.63) is 62.2 Å². The Morgan fingerprint density at radius 2 is 1.50 bits per heavy atom. The number of aliphatic carboxylic acids is 1. The number of nitro groups is 2. The molecule has 0 aromatic heterocycles. The number of nitrogens with zero attached hydrogens (tertiary/aromatic N) is 2. The minimum Gasteiger partial charge on any atom is -0.497 e. The lowest BCUT2D eigenvalue weighted by Gasteiger charge is -2.11. The van der Waals surface area contributed by atoms with Crippen molar-refractivity contribution in [1.82, 2.24) is 0 Å². The van der Waals surface area contributed by atoms with E-state index in [1.807, 2.05) is 0 Å². The molecule has 0 amide bonds. The maximum absolute atomic E-state index is 11.4. The van der Waals surface area contributed by atoms with Crippen molar-refractivity contribution in [1.29, 1.82) is 0 Å². The number of carbonyl (C=O) groups is 1. The summed E-state index contributed by atoms with van der Waals surface area (Å²) in [5.41, 5.74) is -1.46. The first-order chi connectivity index (χ1) is 12.2. The summed E-state index contributed by atoms with van der Waals surface area (Å²) in [7, 11) is 1.45. The predicted molar refractivity (Wildman–Crippen MR) is 88.9 cm³/mol. The maximum atomic E-state index is 11.4. The number of methoxy groups -OCH3 is 1. The zero-order valence-electron chi connectivity index (χ0n) is 13.7. The summed E-state index contributed by atoms with van der Waals surface area (Å²) in [4.78, 5) is 32.1. The van der Waals surface area contributed by atoms with Crippen molar-refractivity contribution >= 4 is 17.3 Å². The third kappa shape index (κ3) is 3.86. The molecule has 1 unspecified atom stereocenters. The predicted octanol–water partition coefficient (Wildman–Crippen LogP) is 3.49. The Kier molecular flexibility index (Phi) is 5.36. The second kappa shape index (κ2) is 7.47. The molecule has 2 rings (SSSR count). The fourth-order valence-electron chi connectivity index (χ4n) is 2.15. The van der Waals surface area contributed by atoms with Crippen LogP contribution in [0.4, 0.5) is 11.4 Å². The zero-order valence-corrected chi connectivity index (χ0v) is 13.7. The molecule has 2 aromatic rings. The largest absolute Gasteiger partial charge is 0.497 e. The Labute approximate surface area is 146 Å². The third-order valence-corrected chi connectivity index (χ3v) is 3.62. The van der Waals surface area contributed by atoms with Gasteiger partial charge >= 0.3 is 17.3 Å².